The predicted octanol–water partition coefficient (Wildman–Crippen LogP) is -5.36. The van der Waals surface area contributed by atoms with Gasteiger partial charge in [0.05, 0.1) is 0 Å². The van der Waals surface area contributed by atoms with Crippen LogP contribution >= 0.6 is 0 Å². The molecule has 0 aromatic carbocycles. The Labute approximate surface area is 118 Å². The van der Waals surface area contributed by atoms with E-state index < -0.39 is 23.9 Å². The van der Waals surface area contributed by atoms with Crippen molar-refractivity contribution in [3.63, 3.8) is 0 Å². The first kappa shape index (κ1) is 29.7. The summed E-state index contributed by atoms with van der Waals surface area (Å²) in [5.74, 6) is -4.33. The molecule has 0 aliphatic heterocycles. The van der Waals surface area contributed by atoms with Crippen LogP contribution in [-0.2, 0) is 19.2 Å². The Morgan fingerprint density at radius 2 is 0.529 bits per heavy atom. The van der Waals surface area contributed by atoms with E-state index in [1.165, 1.54) is 0 Å². The molecule has 0 amide bonds. The fourth-order valence-electron chi connectivity index (χ4n) is 0. The zero-order chi connectivity index (χ0) is 14.3. The van der Waals surface area contributed by atoms with Gasteiger partial charge < -0.3 is 39.6 Å². The summed E-state index contributed by atoms with van der Waals surface area (Å²) in [5, 5.41) is 35.6. The number of carboxylic acid groups (broad SMARTS) is 4. The summed E-state index contributed by atoms with van der Waals surface area (Å²) in [4.78, 5) is 35.6. The molecule has 8 nitrogen and oxygen atoms in total. The van der Waals surface area contributed by atoms with Crippen LogP contribution in [0.15, 0.2) is 0 Å². The minimum Gasteiger partial charge on any atom is -0.550 e. The smallest absolute Gasteiger partial charge is 0.550 e. The van der Waals surface area contributed by atoms with Crippen LogP contribution in [0.25, 0.3) is 0 Å². The number of hydrogen-bond donors (Lipinski definition) is 0. The van der Waals surface area contributed by atoms with Crippen molar-refractivity contribution < 1.29 is 39.6 Å². The minimum atomic E-state index is -1.08. The van der Waals surface area contributed by atoms with E-state index in [-0.39, 0.29) is 27.3 Å². The first-order valence-corrected chi connectivity index (χ1v) is 3.63. The second-order valence-electron chi connectivity index (χ2n) is 1.97. The molecular formula is C8H12O8Pb-2. The molecule has 0 aromatic rings. The van der Waals surface area contributed by atoms with Gasteiger partial charge in [0.2, 0.25) is 0 Å². The van der Waals surface area contributed by atoms with Crippen molar-refractivity contribution in [2.75, 3.05) is 0 Å². The first-order chi connectivity index (χ1) is 6.93. The van der Waals surface area contributed by atoms with Gasteiger partial charge in [-0.25, -0.2) is 0 Å². The van der Waals surface area contributed by atoms with Crippen LogP contribution in [0.4, 0.5) is 0 Å². The molecule has 0 rings (SSSR count). The maximum Gasteiger partial charge on any atom is 2.00 e. The summed E-state index contributed by atoms with van der Waals surface area (Å²) in [6.45, 7) is 3.89. The molecule has 0 aromatic heterocycles. The molecule has 0 fully saturated rings. The van der Waals surface area contributed by atoms with Crippen LogP contribution in [0.1, 0.15) is 27.7 Å². The summed E-state index contributed by atoms with van der Waals surface area (Å²) in [6.07, 6.45) is 0. The monoisotopic (exact) mass is 444 g/mol. The number of carboxylic acids is 4. The molecule has 2 radical (unpaired) electrons. The Morgan fingerprint density at radius 3 is 0.529 bits per heavy atom. The van der Waals surface area contributed by atoms with E-state index in [1.54, 1.807) is 0 Å². The average Bonchev–Trinajstić information content (AvgIpc) is 1.76. The van der Waals surface area contributed by atoms with Crippen molar-refractivity contribution in [3.05, 3.63) is 0 Å². The average molecular weight is 443 g/mol. The van der Waals surface area contributed by atoms with Crippen LogP contribution in [0.2, 0.25) is 0 Å². The fraction of sp³-hybridized carbons (Fsp3) is 0.500. The zero-order valence-electron chi connectivity index (χ0n) is 9.77. The summed E-state index contributed by atoms with van der Waals surface area (Å²) < 4.78 is 0. The second-order valence-corrected chi connectivity index (χ2v) is 1.97. The Kier molecular flexibility index (Phi) is 42.2. The normalized spacial score (nSPS) is 5.88. The molecule has 0 saturated carbocycles. The van der Waals surface area contributed by atoms with Crippen LogP contribution in [0.3, 0.4) is 0 Å². The van der Waals surface area contributed by atoms with Crippen LogP contribution in [-0.4, -0.2) is 51.2 Å². The van der Waals surface area contributed by atoms with Crippen LogP contribution in [0.5, 0.6) is 0 Å². The summed E-state index contributed by atoms with van der Waals surface area (Å²) in [5.41, 5.74) is 0. The number of rotatable bonds is 0. The van der Waals surface area contributed by atoms with Gasteiger partial charge in [-0.2, -0.15) is 0 Å². The number of carbonyl (C=O) groups excluding carboxylic acids is 4. The van der Waals surface area contributed by atoms with E-state index >= 15 is 0 Å². The number of carbonyl (C=O) groups is 4. The van der Waals surface area contributed by atoms with Crippen LogP contribution in [0, 0.1) is 0 Å². The molecule has 0 unspecified atom stereocenters. The van der Waals surface area contributed by atoms with E-state index in [0.29, 0.717) is 0 Å². The van der Waals surface area contributed by atoms with Gasteiger partial charge in [0, 0.05) is 23.9 Å². The summed E-state index contributed by atoms with van der Waals surface area (Å²) >= 11 is 0. The van der Waals surface area contributed by atoms with Gasteiger partial charge >= 0.3 is 27.3 Å². The number of aliphatic carboxylic acids is 4. The van der Waals surface area contributed by atoms with Gasteiger partial charge in [-0.15, -0.1) is 0 Å². The fourth-order valence-corrected chi connectivity index (χ4v) is 0. The Bertz CT molecular complexity index is 162. The van der Waals surface area contributed by atoms with Gasteiger partial charge in [-0.3, -0.25) is 0 Å². The standard InChI is InChI=1S/4C2H4O2.Pb/c4*1-2(3)4;/h4*1H3,(H,3,4);/q;;;;+2/p-4. The van der Waals surface area contributed by atoms with E-state index in [4.69, 9.17) is 39.6 Å². The minimum absolute atomic E-state index is 0. The molecule has 0 bridgehead atoms. The van der Waals surface area contributed by atoms with Gasteiger partial charge in [0.1, 0.15) is 0 Å². The van der Waals surface area contributed by atoms with Crippen molar-refractivity contribution in [1.82, 2.24) is 0 Å². The third-order valence-electron chi connectivity index (χ3n) is 0. The van der Waals surface area contributed by atoms with Crippen molar-refractivity contribution in [2.24, 2.45) is 0 Å². The number of hydrogen-bond acceptors (Lipinski definition) is 8. The Balaban J connectivity index is -0.0000000369. The molecule has 0 atom stereocenters. The van der Waals surface area contributed by atoms with Crippen molar-refractivity contribution in [3.8, 4) is 0 Å². The van der Waals surface area contributed by atoms with Crippen molar-refractivity contribution >= 4 is 51.2 Å². The SMILES string of the molecule is CC(=O)[O-].CC(=O)[O-].CC(=O)[O-].CC(=O)[O-].[Pb+2]. The van der Waals surface area contributed by atoms with E-state index in [2.05, 4.69) is 0 Å². The summed E-state index contributed by atoms with van der Waals surface area (Å²) in [6, 6.07) is 0. The largest absolute Gasteiger partial charge is 2.00 e. The second kappa shape index (κ2) is 24.2. The predicted molar refractivity (Wildman–Crippen MR) is 48.5 cm³/mol. The molecule has 17 heavy (non-hydrogen) atoms. The molecular weight excluding hydrogens is 431 g/mol. The van der Waals surface area contributed by atoms with Crippen LogP contribution < -0.4 is 20.4 Å². The van der Waals surface area contributed by atoms with E-state index in [9.17, 15) is 0 Å². The molecule has 0 saturated heterocycles. The maximum absolute atomic E-state index is 8.89. The Hall–Kier alpha value is -1.20. The zero-order valence-corrected chi connectivity index (χ0v) is 13.7. The molecule has 0 heterocycles. The molecule has 98 valence electrons. The Morgan fingerprint density at radius 1 is 0.529 bits per heavy atom. The van der Waals surface area contributed by atoms with Gasteiger partial charge in [-0.1, -0.05) is 0 Å². The molecule has 9 heteroatoms. The topological polar surface area (TPSA) is 161 Å². The molecule has 0 spiro atoms. The summed E-state index contributed by atoms with van der Waals surface area (Å²) in [7, 11) is 0. The molecule has 0 N–H and O–H groups in total. The quantitative estimate of drug-likeness (QED) is 0.335. The van der Waals surface area contributed by atoms with E-state index in [1.807, 2.05) is 0 Å². The van der Waals surface area contributed by atoms with Gasteiger partial charge in [0.25, 0.3) is 0 Å². The van der Waals surface area contributed by atoms with Gasteiger partial charge in [-0.05, 0) is 27.7 Å². The third-order valence-corrected chi connectivity index (χ3v) is 0. The third kappa shape index (κ3) is 1690. The molecule has 0 aliphatic carbocycles. The van der Waals surface area contributed by atoms with Gasteiger partial charge in [0.15, 0.2) is 0 Å². The molecule has 0 aliphatic rings. The van der Waals surface area contributed by atoms with Crippen molar-refractivity contribution in [2.45, 2.75) is 27.7 Å². The first-order valence-electron chi connectivity index (χ1n) is 3.63. The van der Waals surface area contributed by atoms with E-state index in [0.717, 1.165) is 27.7 Å². The van der Waals surface area contributed by atoms with Crippen molar-refractivity contribution in [1.29, 1.82) is 0 Å². The maximum atomic E-state index is 8.89.